The van der Waals surface area contributed by atoms with Crippen LogP contribution in [-0.4, -0.2) is 29.6 Å². The van der Waals surface area contributed by atoms with Crippen LogP contribution in [0.1, 0.15) is 17.4 Å². The fourth-order valence-corrected chi connectivity index (χ4v) is 2.82. The molecule has 0 saturated carbocycles. The monoisotopic (exact) mass is 278 g/mol. The zero-order valence-corrected chi connectivity index (χ0v) is 11.3. The van der Waals surface area contributed by atoms with E-state index in [1.54, 1.807) is 23.5 Å². The van der Waals surface area contributed by atoms with Gasteiger partial charge in [0.25, 0.3) is 0 Å². The van der Waals surface area contributed by atoms with E-state index in [4.69, 9.17) is 4.74 Å². The van der Waals surface area contributed by atoms with Crippen molar-refractivity contribution in [2.24, 2.45) is 0 Å². The first-order valence-electron chi connectivity index (χ1n) is 6.28. The maximum atomic E-state index is 12.9. The lowest BCUT2D eigenvalue weighted by molar-refractivity contribution is -0.0332. The van der Waals surface area contributed by atoms with Crippen LogP contribution in [0.15, 0.2) is 35.2 Å². The molecule has 1 unspecified atom stereocenters. The smallest absolute Gasteiger partial charge is 0.123 e. The summed E-state index contributed by atoms with van der Waals surface area (Å²) >= 11 is 1.62. The van der Waals surface area contributed by atoms with Gasteiger partial charge in [-0.15, -0.1) is 11.3 Å². The predicted molar refractivity (Wildman–Crippen MR) is 72.5 cm³/mol. The topological polar surface area (TPSA) is 25.4 Å². The van der Waals surface area contributed by atoms with Crippen molar-refractivity contribution in [2.45, 2.75) is 12.6 Å². The van der Waals surface area contributed by atoms with Crippen molar-refractivity contribution in [1.82, 2.24) is 9.88 Å². The molecule has 1 aromatic heterocycles. The Morgan fingerprint density at radius 2 is 2.21 bits per heavy atom. The molecule has 5 heteroatoms. The van der Waals surface area contributed by atoms with Crippen molar-refractivity contribution in [3.63, 3.8) is 0 Å². The second-order valence-electron chi connectivity index (χ2n) is 4.63. The summed E-state index contributed by atoms with van der Waals surface area (Å²) in [6.07, 6.45) is 0.0213. The molecule has 1 aliphatic rings. The second-order valence-corrected chi connectivity index (χ2v) is 5.34. The van der Waals surface area contributed by atoms with E-state index in [1.165, 1.54) is 12.1 Å². The number of hydrogen-bond donors (Lipinski definition) is 0. The molecule has 0 aliphatic carbocycles. The Labute approximate surface area is 115 Å². The molecule has 0 spiro atoms. The maximum Gasteiger partial charge on any atom is 0.123 e. The highest BCUT2D eigenvalue weighted by Crippen LogP contribution is 2.23. The summed E-state index contributed by atoms with van der Waals surface area (Å²) in [5.74, 6) is -0.209. The van der Waals surface area contributed by atoms with Crippen LogP contribution in [0.2, 0.25) is 0 Å². The van der Waals surface area contributed by atoms with E-state index in [0.717, 1.165) is 30.9 Å². The molecule has 3 nitrogen and oxygen atoms in total. The Hall–Kier alpha value is -1.30. The molecule has 0 N–H and O–H groups in total. The average molecular weight is 278 g/mol. The summed E-state index contributed by atoms with van der Waals surface area (Å²) in [5.41, 5.74) is 3.99. The Bertz CT molecular complexity index is 515. The normalized spacial score (nSPS) is 20.6. The van der Waals surface area contributed by atoms with Crippen LogP contribution in [0.3, 0.4) is 0 Å². The number of benzene rings is 1. The van der Waals surface area contributed by atoms with Crippen molar-refractivity contribution in [3.8, 4) is 0 Å². The number of thiazole rings is 1. The van der Waals surface area contributed by atoms with Gasteiger partial charge < -0.3 is 4.74 Å². The van der Waals surface area contributed by atoms with Crippen molar-refractivity contribution in [2.75, 3.05) is 19.7 Å². The molecule has 1 aliphatic heterocycles. The first kappa shape index (κ1) is 12.7. The number of aromatic nitrogens is 1. The number of halogens is 1. The molecule has 0 radical (unpaired) electrons. The minimum absolute atomic E-state index is 0.0213. The third kappa shape index (κ3) is 3.18. The quantitative estimate of drug-likeness (QED) is 0.863. The summed E-state index contributed by atoms with van der Waals surface area (Å²) in [6.45, 7) is 3.29. The lowest BCUT2D eigenvalue weighted by atomic mass is 10.1. The van der Waals surface area contributed by atoms with E-state index < -0.39 is 0 Å². The molecule has 2 heterocycles. The van der Waals surface area contributed by atoms with Crippen molar-refractivity contribution < 1.29 is 9.13 Å². The van der Waals surface area contributed by atoms with E-state index in [-0.39, 0.29) is 11.9 Å². The van der Waals surface area contributed by atoms with Gasteiger partial charge in [-0.2, -0.15) is 0 Å². The van der Waals surface area contributed by atoms with Crippen LogP contribution >= 0.6 is 11.3 Å². The van der Waals surface area contributed by atoms with E-state index in [1.807, 2.05) is 5.51 Å². The maximum absolute atomic E-state index is 12.9. The number of ether oxygens (including phenoxy) is 1. The molecule has 19 heavy (non-hydrogen) atoms. The number of morpholine rings is 1. The fraction of sp³-hybridized carbons (Fsp3) is 0.357. The molecule has 0 amide bonds. The van der Waals surface area contributed by atoms with E-state index >= 15 is 0 Å². The average Bonchev–Trinajstić information content (AvgIpc) is 2.93. The molecule has 1 fully saturated rings. The second kappa shape index (κ2) is 5.77. The van der Waals surface area contributed by atoms with Crippen LogP contribution in [-0.2, 0) is 11.3 Å². The number of hydrogen-bond acceptors (Lipinski definition) is 4. The van der Waals surface area contributed by atoms with E-state index in [2.05, 4.69) is 15.3 Å². The highest BCUT2D eigenvalue weighted by Gasteiger charge is 2.22. The van der Waals surface area contributed by atoms with Crippen LogP contribution in [0, 0.1) is 5.82 Å². The third-order valence-corrected chi connectivity index (χ3v) is 3.90. The lowest BCUT2D eigenvalue weighted by Crippen LogP contribution is -2.37. The fourth-order valence-electron chi connectivity index (χ4n) is 2.27. The van der Waals surface area contributed by atoms with Crippen molar-refractivity contribution >= 4 is 11.3 Å². The standard InChI is InChI=1S/C14H15FN2OS/c15-12-3-1-11(2-4-12)14-8-17(5-6-18-14)7-13-9-19-10-16-13/h1-4,9-10,14H,5-8H2. The Balaban J connectivity index is 1.66. The highest BCUT2D eigenvalue weighted by atomic mass is 32.1. The first-order valence-corrected chi connectivity index (χ1v) is 7.22. The summed E-state index contributed by atoms with van der Waals surface area (Å²) < 4.78 is 18.7. The van der Waals surface area contributed by atoms with Crippen molar-refractivity contribution in [3.05, 3.63) is 52.2 Å². The summed E-state index contributed by atoms with van der Waals surface area (Å²) in [4.78, 5) is 6.63. The minimum atomic E-state index is -0.209. The predicted octanol–water partition coefficient (Wildman–Crippen LogP) is 2.86. The largest absolute Gasteiger partial charge is 0.371 e. The highest BCUT2D eigenvalue weighted by molar-refractivity contribution is 7.07. The van der Waals surface area contributed by atoms with Gasteiger partial charge in [-0.05, 0) is 17.7 Å². The van der Waals surface area contributed by atoms with Gasteiger partial charge in [0.2, 0.25) is 0 Å². The zero-order valence-electron chi connectivity index (χ0n) is 10.5. The molecule has 0 bridgehead atoms. The van der Waals surface area contributed by atoms with Gasteiger partial charge in [0.1, 0.15) is 5.82 Å². The summed E-state index contributed by atoms with van der Waals surface area (Å²) in [5, 5.41) is 2.07. The van der Waals surface area contributed by atoms with Crippen LogP contribution in [0.25, 0.3) is 0 Å². The number of nitrogens with zero attached hydrogens (tertiary/aromatic N) is 2. The van der Waals surface area contributed by atoms with Gasteiger partial charge >= 0.3 is 0 Å². The van der Waals surface area contributed by atoms with Crippen LogP contribution in [0.4, 0.5) is 4.39 Å². The van der Waals surface area contributed by atoms with Gasteiger partial charge in [-0.1, -0.05) is 12.1 Å². The Kier molecular flexibility index (Phi) is 3.87. The molecular formula is C14H15FN2OS. The van der Waals surface area contributed by atoms with Crippen molar-refractivity contribution in [1.29, 1.82) is 0 Å². The van der Waals surface area contributed by atoms with Gasteiger partial charge in [0.05, 0.1) is 23.9 Å². The summed E-state index contributed by atoms with van der Waals surface area (Å²) in [7, 11) is 0. The molecule has 1 aromatic carbocycles. The molecule has 1 saturated heterocycles. The van der Waals surface area contributed by atoms with Gasteiger partial charge in [0.15, 0.2) is 0 Å². The lowest BCUT2D eigenvalue weighted by Gasteiger charge is -2.32. The van der Waals surface area contributed by atoms with Crippen LogP contribution < -0.4 is 0 Å². The molecule has 100 valence electrons. The molecule has 2 aromatic rings. The van der Waals surface area contributed by atoms with Crippen LogP contribution in [0.5, 0.6) is 0 Å². The van der Waals surface area contributed by atoms with E-state index in [9.17, 15) is 4.39 Å². The van der Waals surface area contributed by atoms with Gasteiger partial charge in [-0.25, -0.2) is 9.37 Å². The SMILES string of the molecule is Fc1ccc(C2CN(Cc3cscn3)CCO2)cc1. The van der Waals surface area contributed by atoms with Gasteiger partial charge in [-0.3, -0.25) is 4.90 Å². The first-order chi connectivity index (χ1) is 9.31. The number of rotatable bonds is 3. The zero-order chi connectivity index (χ0) is 13.1. The molecule has 3 rings (SSSR count). The third-order valence-electron chi connectivity index (χ3n) is 3.26. The molecule has 1 atom stereocenters. The molecular weight excluding hydrogens is 263 g/mol. The Morgan fingerprint density at radius 1 is 1.37 bits per heavy atom. The summed E-state index contributed by atoms with van der Waals surface area (Å²) in [6, 6.07) is 6.56. The van der Waals surface area contributed by atoms with E-state index in [0.29, 0.717) is 6.61 Å². The minimum Gasteiger partial charge on any atom is -0.371 e. The van der Waals surface area contributed by atoms with Gasteiger partial charge in [0, 0.05) is 25.0 Å². The Morgan fingerprint density at radius 3 is 2.95 bits per heavy atom.